The minimum Gasteiger partial charge on any atom is -0.486 e. The van der Waals surface area contributed by atoms with Gasteiger partial charge in [0.05, 0.1) is 18.1 Å². The Bertz CT molecular complexity index is 461. The molecule has 1 aromatic rings. The first kappa shape index (κ1) is 10.9. The smallest absolute Gasteiger partial charge is 0.328 e. The highest BCUT2D eigenvalue weighted by atomic mass is 32.2. The van der Waals surface area contributed by atoms with Gasteiger partial charge in [-0.05, 0) is 11.3 Å². The molecule has 1 heterocycles. The van der Waals surface area contributed by atoms with Crippen LogP contribution >= 0.6 is 11.3 Å². The molecule has 6 nitrogen and oxygen atoms in total. The van der Waals surface area contributed by atoms with Gasteiger partial charge in [-0.1, -0.05) is 0 Å². The second-order valence-corrected chi connectivity index (χ2v) is 5.45. The molecule has 0 saturated carbocycles. The van der Waals surface area contributed by atoms with Gasteiger partial charge in [0, 0.05) is 6.26 Å². The standard InChI is InChI=1S/C6H7NO5S2/c1-12-6-4(14(2,10)11)3-5(13-6)7(8)9/h3H,1-2H3. The summed E-state index contributed by atoms with van der Waals surface area (Å²) in [5, 5.41) is 10.2. The van der Waals surface area contributed by atoms with Crippen molar-refractivity contribution in [3.8, 4) is 5.06 Å². The van der Waals surface area contributed by atoms with Crippen molar-refractivity contribution in [3.63, 3.8) is 0 Å². The molecule has 1 rings (SSSR count). The third kappa shape index (κ3) is 2.02. The SMILES string of the molecule is COc1sc([N+](=O)[O-])cc1S(C)(=O)=O. The molecule has 0 spiro atoms. The summed E-state index contributed by atoms with van der Waals surface area (Å²) in [5.74, 6) is 0. The molecule has 0 fully saturated rings. The monoisotopic (exact) mass is 237 g/mol. The molecular weight excluding hydrogens is 230 g/mol. The number of methoxy groups -OCH3 is 1. The van der Waals surface area contributed by atoms with Crippen molar-refractivity contribution in [3.05, 3.63) is 16.2 Å². The summed E-state index contributed by atoms with van der Waals surface area (Å²) >= 11 is 0.694. The van der Waals surface area contributed by atoms with E-state index in [0.717, 1.165) is 12.3 Å². The van der Waals surface area contributed by atoms with E-state index in [1.807, 2.05) is 0 Å². The van der Waals surface area contributed by atoms with E-state index in [2.05, 4.69) is 0 Å². The number of rotatable bonds is 3. The van der Waals surface area contributed by atoms with Crippen LogP contribution in [0.2, 0.25) is 0 Å². The molecule has 0 amide bonds. The molecule has 0 N–H and O–H groups in total. The molecule has 1 aromatic heterocycles. The fraction of sp³-hybridized carbons (Fsp3) is 0.333. The molecule has 0 bridgehead atoms. The van der Waals surface area contributed by atoms with E-state index >= 15 is 0 Å². The number of ether oxygens (including phenoxy) is 1. The quantitative estimate of drug-likeness (QED) is 0.579. The highest BCUT2D eigenvalue weighted by molar-refractivity contribution is 7.91. The molecule has 0 saturated heterocycles. The van der Waals surface area contributed by atoms with E-state index in [1.165, 1.54) is 7.11 Å². The highest BCUT2D eigenvalue weighted by Gasteiger charge is 2.23. The number of sulfone groups is 1. The van der Waals surface area contributed by atoms with Crippen molar-refractivity contribution >= 4 is 26.2 Å². The Labute approximate surface area is 84.2 Å². The molecule has 0 atom stereocenters. The number of nitro groups is 1. The lowest BCUT2D eigenvalue weighted by atomic mass is 10.6. The van der Waals surface area contributed by atoms with Crippen LogP contribution in [0.25, 0.3) is 0 Å². The largest absolute Gasteiger partial charge is 0.486 e. The molecule has 14 heavy (non-hydrogen) atoms. The Hall–Kier alpha value is -1.15. The Morgan fingerprint density at radius 3 is 2.43 bits per heavy atom. The Balaban J connectivity index is 3.37. The predicted octanol–water partition coefficient (Wildman–Crippen LogP) is 1.07. The zero-order valence-electron chi connectivity index (χ0n) is 7.38. The summed E-state index contributed by atoms with van der Waals surface area (Å²) in [6, 6.07) is 0.999. The van der Waals surface area contributed by atoms with Crippen molar-refractivity contribution in [2.45, 2.75) is 4.90 Å². The van der Waals surface area contributed by atoms with E-state index in [9.17, 15) is 18.5 Å². The molecule has 0 aliphatic rings. The topological polar surface area (TPSA) is 86.5 Å². The van der Waals surface area contributed by atoms with Crippen LogP contribution in [0, 0.1) is 10.1 Å². The lowest BCUT2D eigenvalue weighted by Gasteiger charge is -1.96. The molecular formula is C6H7NO5S2. The molecule has 0 aromatic carbocycles. The maximum absolute atomic E-state index is 11.2. The minimum absolute atomic E-state index is 0.0409. The van der Waals surface area contributed by atoms with E-state index < -0.39 is 14.8 Å². The van der Waals surface area contributed by atoms with E-state index in [4.69, 9.17) is 4.74 Å². The van der Waals surface area contributed by atoms with Gasteiger partial charge < -0.3 is 4.74 Å². The highest BCUT2D eigenvalue weighted by Crippen LogP contribution is 2.38. The van der Waals surface area contributed by atoms with E-state index in [0.29, 0.717) is 11.3 Å². The van der Waals surface area contributed by atoms with Crippen molar-refractivity contribution in [1.82, 2.24) is 0 Å². The van der Waals surface area contributed by atoms with Gasteiger partial charge in [0.25, 0.3) is 0 Å². The van der Waals surface area contributed by atoms with Crippen molar-refractivity contribution in [2.24, 2.45) is 0 Å². The van der Waals surface area contributed by atoms with Crippen LogP contribution < -0.4 is 4.74 Å². The zero-order chi connectivity index (χ0) is 10.9. The number of nitrogens with zero attached hydrogens (tertiary/aromatic N) is 1. The molecule has 0 aliphatic carbocycles. The first-order valence-corrected chi connectivity index (χ1v) is 6.09. The van der Waals surface area contributed by atoms with Crippen LogP contribution in [0.15, 0.2) is 11.0 Å². The second kappa shape index (κ2) is 3.54. The first-order valence-electron chi connectivity index (χ1n) is 3.38. The number of hydrogen-bond acceptors (Lipinski definition) is 6. The predicted molar refractivity (Wildman–Crippen MR) is 50.6 cm³/mol. The van der Waals surface area contributed by atoms with Gasteiger partial charge in [0.2, 0.25) is 0 Å². The molecule has 8 heteroatoms. The van der Waals surface area contributed by atoms with Crippen molar-refractivity contribution < 1.29 is 18.1 Å². The number of hydrogen-bond donors (Lipinski definition) is 0. The van der Waals surface area contributed by atoms with Gasteiger partial charge >= 0.3 is 5.00 Å². The Kier molecular flexibility index (Phi) is 2.76. The second-order valence-electron chi connectivity index (χ2n) is 2.47. The van der Waals surface area contributed by atoms with E-state index in [-0.39, 0.29) is 15.0 Å². The molecule has 78 valence electrons. The Morgan fingerprint density at radius 1 is 1.57 bits per heavy atom. The van der Waals surface area contributed by atoms with Gasteiger partial charge in [0.1, 0.15) is 4.90 Å². The fourth-order valence-electron chi connectivity index (χ4n) is 0.836. The van der Waals surface area contributed by atoms with Crippen LogP contribution in [0.3, 0.4) is 0 Å². The Morgan fingerprint density at radius 2 is 2.14 bits per heavy atom. The molecule has 0 aliphatic heterocycles. The summed E-state index contributed by atoms with van der Waals surface area (Å²) < 4.78 is 27.0. The average molecular weight is 237 g/mol. The molecule has 0 unspecified atom stereocenters. The summed E-state index contributed by atoms with van der Waals surface area (Å²) in [4.78, 5) is 9.58. The summed E-state index contributed by atoms with van der Waals surface area (Å²) in [6.45, 7) is 0. The van der Waals surface area contributed by atoms with Crippen LogP contribution in [-0.4, -0.2) is 26.7 Å². The molecule has 0 radical (unpaired) electrons. The lowest BCUT2D eigenvalue weighted by Crippen LogP contribution is -1.97. The van der Waals surface area contributed by atoms with Gasteiger partial charge in [-0.2, -0.15) is 0 Å². The van der Waals surface area contributed by atoms with Gasteiger partial charge in [0.15, 0.2) is 14.9 Å². The lowest BCUT2D eigenvalue weighted by molar-refractivity contribution is -0.380. The summed E-state index contributed by atoms with van der Waals surface area (Å²) in [7, 11) is -2.21. The maximum atomic E-state index is 11.2. The van der Waals surface area contributed by atoms with Crippen LogP contribution in [-0.2, 0) is 9.84 Å². The summed E-state index contributed by atoms with van der Waals surface area (Å²) in [5.41, 5.74) is 0. The summed E-state index contributed by atoms with van der Waals surface area (Å²) in [6.07, 6.45) is 0.974. The van der Waals surface area contributed by atoms with E-state index in [1.54, 1.807) is 0 Å². The number of thiophene rings is 1. The normalized spacial score (nSPS) is 11.3. The fourth-order valence-corrected chi connectivity index (χ4v) is 2.89. The van der Waals surface area contributed by atoms with Gasteiger partial charge in [-0.3, -0.25) is 10.1 Å². The van der Waals surface area contributed by atoms with Gasteiger partial charge in [-0.15, -0.1) is 0 Å². The van der Waals surface area contributed by atoms with Crippen LogP contribution in [0.4, 0.5) is 5.00 Å². The minimum atomic E-state index is -3.48. The van der Waals surface area contributed by atoms with Gasteiger partial charge in [-0.25, -0.2) is 8.42 Å². The van der Waals surface area contributed by atoms with Crippen LogP contribution in [0.5, 0.6) is 5.06 Å². The van der Waals surface area contributed by atoms with Crippen molar-refractivity contribution in [2.75, 3.05) is 13.4 Å². The maximum Gasteiger partial charge on any atom is 0.328 e. The van der Waals surface area contributed by atoms with Crippen molar-refractivity contribution in [1.29, 1.82) is 0 Å². The third-order valence-electron chi connectivity index (χ3n) is 1.42. The first-order chi connectivity index (χ1) is 6.36. The van der Waals surface area contributed by atoms with Crippen LogP contribution in [0.1, 0.15) is 0 Å². The zero-order valence-corrected chi connectivity index (χ0v) is 9.02. The average Bonchev–Trinajstić information content (AvgIpc) is 2.46. The third-order valence-corrected chi connectivity index (χ3v) is 3.70.